The fraction of sp³-hybridized carbons (Fsp3) is 0.435. The summed E-state index contributed by atoms with van der Waals surface area (Å²) in [5.74, 6) is -0.280. The minimum atomic E-state index is -0.510. The van der Waals surface area contributed by atoms with Crippen LogP contribution in [0, 0.1) is 11.6 Å². The molecule has 0 bridgehead atoms. The number of hydrogen-bond donors (Lipinski definition) is 1. The van der Waals surface area contributed by atoms with Crippen LogP contribution in [0.2, 0.25) is 0 Å². The van der Waals surface area contributed by atoms with Crippen molar-refractivity contribution in [3.8, 4) is 0 Å². The van der Waals surface area contributed by atoms with Crippen LogP contribution in [0.1, 0.15) is 11.1 Å². The van der Waals surface area contributed by atoms with Gasteiger partial charge in [-0.3, -0.25) is 9.89 Å². The van der Waals surface area contributed by atoms with Crippen LogP contribution in [0.4, 0.5) is 8.78 Å². The Morgan fingerprint density at radius 2 is 1.87 bits per heavy atom. The van der Waals surface area contributed by atoms with Crippen molar-refractivity contribution in [3.05, 3.63) is 71.3 Å². The van der Waals surface area contributed by atoms with Crippen LogP contribution in [0.25, 0.3) is 0 Å². The molecule has 2 fully saturated rings. The number of fused-ring (bicyclic) bond motifs is 1. The molecule has 0 aliphatic carbocycles. The Kier molecular flexibility index (Phi) is 6.59. The summed E-state index contributed by atoms with van der Waals surface area (Å²) < 4.78 is 33.7. The molecule has 2 aliphatic heterocycles. The Bertz CT molecular complexity index is 857. The van der Waals surface area contributed by atoms with Crippen molar-refractivity contribution in [3.63, 3.8) is 0 Å². The molecule has 7 heteroatoms. The molecule has 0 amide bonds. The molecule has 0 aromatic heterocycles. The van der Waals surface area contributed by atoms with Crippen molar-refractivity contribution in [1.29, 1.82) is 0 Å². The van der Waals surface area contributed by atoms with Gasteiger partial charge < -0.3 is 15.0 Å². The molecule has 160 valence electrons. The van der Waals surface area contributed by atoms with Gasteiger partial charge in [-0.05, 0) is 24.1 Å². The Balaban J connectivity index is 1.35. The number of ether oxygens (including phenoxy) is 1. The molecular formula is C23H28F2N4O. The Morgan fingerprint density at radius 3 is 2.60 bits per heavy atom. The van der Waals surface area contributed by atoms with E-state index in [0.717, 1.165) is 38.7 Å². The monoisotopic (exact) mass is 414 g/mol. The first-order chi connectivity index (χ1) is 14.7. The third-order valence-electron chi connectivity index (χ3n) is 5.88. The average Bonchev–Trinajstić information content (AvgIpc) is 3.19. The fourth-order valence-corrected chi connectivity index (χ4v) is 4.35. The molecule has 1 N–H and O–H groups in total. The van der Waals surface area contributed by atoms with Gasteiger partial charge in [0.05, 0.1) is 18.8 Å². The summed E-state index contributed by atoms with van der Waals surface area (Å²) in [5.41, 5.74) is 1.40. The largest absolute Gasteiger partial charge is 0.373 e. The lowest BCUT2D eigenvalue weighted by Crippen LogP contribution is -2.50. The van der Waals surface area contributed by atoms with Crippen LogP contribution < -0.4 is 5.32 Å². The van der Waals surface area contributed by atoms with Crippen LogP contribution in [0.15, 0.2) is 53.5 Å². The smallest absolute Gasteiger partial charge is 0.193 e. The summed E-state index contributed by atoms with van der Waals surface area (Å²) in [6.45, 7) is 4.50. The number of benzene rings is 2. The Morgan fingerprint density at radius 1 is 1.10 bits per heavy atom. The molecule has 4 rings (SSSR count). The fourth-order valence-electron chi connectivity index (χ4n) is 4.35. The molecule has 2 unspecified atom stereocenters. The van der Waals surface area contributed by atoms with E-state index in [9.17, 15) is 8.78 Å². The van der Waals surface area contributed by atoms with Gasteiger partial charge in [-0.2, -0.15) is 0 Å². The van der Waals surface area contributed by atoms with Crippen LogP contribution in [-0.2, 0) is 17.7 Å². The van der Waals surface area contributed by atoms with Gasteiger partial charge in [0.25, 0.3) is 0 Å². The van der Waals surface area contributed by atoms with Gasteiger partial charge in [0, 0.05) is 45.3 Å². The summed E-state index contributed by atoms with van der Waals surface area (Å²) in [6.07, 6.45) is 0.388. The molecule has 0 radical (unpaired) electrons. The van der Waals surface area contributed by atoms with E-state index in [4.69, 9.17) is 4.74 Å². The summed E-state index contributed by atoms with van der Waals surface area (Å²) in [5, 5.41) is 3.26. The number of guanidine groups is 1. The highest BCUT2D eigenvalue weighted by Gasteiger charge is 2.41. The van der Waals surface area contributed by atoms with Gasteiger partial charge in [0.1, 0.15) is 11.6 Å². The minimum Gasteiger partial charge on any atom is -0.373 e. The maximum Gasteiger partial charge on any atom is 0.193 e. The molecule has 2 aromatic rings. The topological polar surface area (TPSA) is 40.1 Å². The molecule has 2 aromatic carbocycles. The summed E-state index contributed by atoms with van der Waals surface area (Å²) in [7, 11) is 1.73. The zero-order valence-corrected chi connectivity index (χ0v) is 17.2. The lowest BCUT2D eigenvalue weighted by molar-refractivity contribution is -0.0502. The maximum absolute atomic E-state index is 13.9. The van der Waals surface area contributed by atoms with Crippen molar-refractivity contribution < 1.29 is 13.5 Å². The zero-order chi connectivity index (χ0) is 20.9. The normalized spacial score (nSPS) is 22.2. The lowest BCUT2D eigenvalue weighted by Gasteiger charge is -2.36. The van der Waals surface area contributed by atoms with E-state index in [0.29, 0.717) is 12.6 Å². The Hall–Kier alpha value is -2.51. The number of aliphatic imine (C=N–C) groups is 1. The molecule has 5 nitrogen and oxygen atoms in total. The highest BCUT2D eigenvalue weighted by atomic mass is 19.1. The summed E-state index contributed by atoms with van der Waals surface area (Å²) in [6, 6.07) is 14.7. The molecule has 2 aliphatic rings. The van der Waals surface area contributed by atoms with E-state index in [1.165, 1.54) is 23.8 Å². The van der Waals surface area contributed by atoms with Crippen LogP contribution in [-0.4, -0.2) is 67.7 Å². The van der Waals surface area contributed by atoms with Crippen LogP contribution in [0.3, 0.4) is 0 Å². The third kappa shape index (κ3) is 4.63. The van der Waals surface area contributed by atoms with Crippen molar-refractivity contribution in [2.45, 2.75) is 25.1 Å². The molecule has 2 heterocycles. The second-order valence-corrected chi connectivity index (χ2v) is 7.76. The van der Waals surface area contributed by atoms with Gasteiger partial charge in [-0.1, -0.05) is 36.4 Å². The van der Waals surface area contributed by atoms with E-state index < -0.39 is 11.6 Å². The number of nitrogens with one attached hydrogen (secondary N) is 1. The SMILES string of the molecule is CN=C(NCCc1c(F)cccc1F)N1CC2OCCN(Cc3ccccc3)C2C1. The number of hydrogen-bond acceptors (Lipinski definition) is 3. The first-order valence-corrected chi connectivity index (χ1v) is 10.4. The van der Waals surface area contributed by atoms with Crippen molar-refractivity contribution >= 4 is 5.96 Å². The molecular weight excluding hydrogens is 386 g/mol. The number of rotatable bonds is 5. The second kappa shape index (κ2) is 9.53. The number of nitrogens with zero attached hydrogens (tertiary/aromatic N) is 3. The van der Waals surface area contributed by atoms with E-state index in [-0.39, 0.29) is 18.1 Å². The summed E-state index contributed by atoms with van der Waals surface area (Å²) >= 11 is 0. The van der Waals surface area contributed by atoms with Crippen molar-refractivity contribution in [1.82, 2.24) is 15.1 Å². The maximum atomic E-state index is 13.9. The number of halogens is 2. The first kappa shape index (κ1) is 20.8. The predicted octanol–water partition coefficient (Wildman–Crippen LogP) is 2.67. The second-order valence-electron chi connectivity index (χ2n) is 7.76. The minimum absolute atomic E-state index is 0.105. The van der Waals surface area contributed by atoms with Crippen LogP contribution >= 0.6 is 0 Å². The Labute approximate surface area is 176 Å². The standard InChI is InChI=1S/C23H28F2N4O/c1-26-23(27-11-10-18-19(24)8-5-9-20(18)25)29-15-21-22(16-29)30-13-12-28(21)14-17-6-3-2-4-7-17/h2-9,21-22H,10-16H2,1H3,(H,26,27). The first-order valence-electron chi connectivity index (χ1n) is 10.4. The third-order valence-corrected chi connectivity index (χ3v) is 5.88. The highest BCUT2D eigenvalue weighted by molar-refractivity contribution is 5.80. The number of likely N-dealkylation sites (tertiary alicyclic amines) is 1. The zero-order valence-electron chi connectivity index (χ0n) is 17.2. The molecule has 30 heavy (non-hydrogen) atoms. The van der Waals surface area contributed by atoms with Gasteiger partial charge in [0.15, 0.2) is 5.96 Å². The molecule has 0 saturated carbocycles. The number of morpholine rings is 1. The molecule has 2 saturated heterocycles. The highest BCUT2D eigenvalue weighted by Crippen LogP contribution is 2.24. The van der Waals surface area contributed by atoms with Crippen molar-refractivity contribution in [2.24, 2.45) is 4.99 Å². The van der Waals surface area contributed by atoms with Crippen molar-refractivity contribution in [2.75, 3.05) is 39.8 Å². The van der Waals surface area contributed by atoms with E-state index in [1.54, 1.807) is 7.05 Å². The van der Waals surface area contributed by atoms with Gasteiger partial charge in [-0.25, -0.2) is 8.78 Å². The predicted molar refractivity (Wildman–Crippen MR) is 113 cm³/mol. The average molecular weight is 415 g/mol. The van der Waals surface area contributed by atoms with E-state index >= 15 is 0 Å². The van der Waals surface area contributed by atoms with Gasteiger partial charge >= 0.3 is 0 Å². The van der Waals surface area contributed by atoms with Crippen LogP contribution in [0.5, 0.6) is 0 Å². The van der Waals surface area contributed by atoms with Gasteiger partial charge in [0.2, 0.25) is 0 Å². The molecule has 0 spiro atoms. The summed E-state index contributed by atoms with van der Waals surface area (Å²) in [4.78, 5) is 9.04. The van der Waals surface area contributed by atoms with E-state index in [2.05, 4.69) is 44.4 Å². The van der Waals surface area contributed by atoms with E-state index in [1.807, 2.05) is 6.07 Å². The quantitative estimate of drug-likeness (QED) is 0.603. The lowest BCUT2D eigenvalue weighted by atomic mass is 10.1. The van der Waals surface area contributed by atoms with Gasteiger partial charge in [-0.15, -0.1) is 0 Å². The molecule has 2 atom stereocenters.